The van der Waals surface area contributed by atoms with E-state index in [-0.39, 0.29) is 42.0 Å². The Morgan fingerprint density at radius 2 is 1.23 bits per heavy atom. The van der Waals surface area contributed by atoms with Crippen LogP contribution in [-0.2, 0) is 28.5 Å². The third-order valence-corrected chi connectivity index (χ3v) is 7.05. The molecule has 0 radical (unpaired) electrons. The molecule has 170 valence electrons. The molecule has 0 bridgehead atoms. The lowest BCUT2D eigenvalue weighted by molar-refractivity contribution is -0.125. The standard InChI is InChI=1S/C22H36N2O6/c23-21(25)4-2-1-3-13(5-14-9-27-14)18(6-15-10-28-15)19(7-16-11-29-16)20(22(24)26)8-17-12-30-17/h13-20H,1-12H2,(H2,23,25)(H2,24,26). The summed E-state index contributed by atoms with van der Waals surface area (Å²) in [6, 6.07) is 0. The Bertz CT molecular complexity index is 600. The molecule has 4 rings (SSSR count). The molecule has 4 fully saturated rings. The number of unbranched alkanes of at least 4 members (excludes halogenated alkanes) is 1. The third kappa shape index (κ3) is 7.18. The van der Waals surface area contributed by atoms with Crippen molar-refractivity contribution in [2.75, 3.05) is 26.4 Å². The van der Waals surface area contributed by atoms with E-state index in [1.165, 1.54) is 0 Å². The summed E-state index contributed by atoms with van der Waals surface area (Å²) < 4.78 is 22.2. The van der Waals surface area contributed by atoms with Crippen LogP contribution >= 0.6 is 0 Å². The molecule has 8 unspecified atom stereocenters. The van der Waals surface area contributed by atoms with E-state index in [4.69, 9.17) is 30.4 Å². The summed E-state index contributed by atoms with van der Waals surface area (Å²) in [5.74, 6) is 0.188. The fourth-order valence-corrected chi connectivity index (χ4v) is 5.11. The molecule has 8 nitrogen and oxygen atoms in total. The van der Waals surface area contributed by atoms with Crippen LogP contribution in [0.4, 0.5) is 0 Å². The molecule has 2 amide bonds. The van der Waals surface area contributed by atoms with Gasteiger partial charge in [-0.05, 0) is 49.9 Å². The van der Waals surface area contributed by atoms with Crippen molar-refractivity contribution in [1.29, 1.82) is 0 Å². The molecule has 4 aliphatic heterocycles. The van der Waals surface area contributed by atoms with Gasteiger partial charge in [-0.15, -0.1) is 0 Å². The minimum atomic E-state index is -0.248. The first kappa shape index (κ1) is 22.0. The molecular formula is C22H36N2O6. The maximum absolute atomic E-state index is 12.5. The van der Waals surface area contributed by atoms with E-state index in [2.05, 4.69) is 0 Å². The first-order valence-electron chi connectivity index (χ1n) is 11.5. The maximum atomic E-state index is 12.5. The average molecular weight is 425 g/mol. The van der Waals surface area contributed by atoms with Crippen LogP contribution in [0.2, 0.25) is 0 Å². The van der Waals surface area contributed by atoms with Gasteiger partial charge >= 0.3 is 0 Å². The van der Waals surface area contributed by atoms with Crippen LogP contribution in [0, 0.1) is 23.7 Å². The first-order valence-corrected chi connectivity index (χ1v) is 11.5. The second-order valence-corrected chi connectivity index (χ2v) is 9.57. The molecule has 4 N–H and O–H groups in total. The molecule has 0 aliphatic carbocycles. The molecule has 0 spiro atoms. The van der Waals surface area contributed by atoms with Crippen molar-refractivity contribution in [3.05, 3.63) is 0 Å². The summed E-state index contributed by atoms with van der Waals surface area (Å²) >= 11 is 0. The smallest absolute Gasteiger partial charge is 0.220 e. The summed E-state index contributed by atoms with van der Waals surface area (Å²) in [4.78, 5) is 23.7. The molecule has 4 saturated heterocycles. The van der Waals surface area contributed by atoms with Crippen molar-refractivity contribution in [1.82, 2.24) is 0 Å². The lowest BCUT2D eigenvalue weighted by Gasteiger charge is -2.37. The van der Waals surface area contributed by atoms with E-state index in [9.17, 15) is 9.59 Å². The molecule has 0 aromatic carbocycles. The molecule has 0 aromatic heterocycles. The lowest BCUT2D eigenvalue weighted by Crippen LogP contribution is -2.39. The highest BCUT2D eigenvalue weighted by Gasteiger charge is 2.46. The van der Waals surface area contributed by atoms with Gasteiger partial charge in [0, 0.05) is 12.3 Å². The normalized spacial score (nSPS) is 32.7. The number of epoxide rings is 4. The van der Waals surface area contributed by atoms with Gasteiger partial charge in [-0.1, -0.05) is 12.8 Å². The van der Waals surface area contributed by atoms with E-state index in [0.717, 1.165) is 65.0 Å². The maximum Gasteiger partial charge on any atom is 0.220 e. The van der Waals surface area contributed by atoms with Gasteiger partial charge in [0.15, 0.2) is 0 Å². The zero-order chi connectivity index (χ0) is 21.1. The molecule has 4 aliphatic rings. The van der Waals surface area contributed by atoms with Crippen molar-refractivity contribution in [3.8, 4) is 0 Å². The Morgan fingerprint density at radius 1 is 0.733 bits per heavy atom. The Hall–Kier alpha value is -1.22. The molecular weight excluding hydrogens is 388 g/mol. The van der Waals surface area contributed by atoms with Crippen molar-refractivity contribution >= 4 is 11.8 Å². The Kier molecular flexibility index (Phi) is 7.28. The Balaban J connectivity index is 1.49. The summed E-state index contributed by atoms with van der Waals surface area (Å²) in [6.07, 6.45) is 7.63. The predicted molar refractivity (Wildman–Crippen MR) is 108 cm³/mol. The summed E-state index contributed by atoms with van der Waals surface area (Å²) in [7, 11) is 0. The minimum absolute atomic E-state index is 0.156. The predicted octanol–water partition coefficient (Wildman–Crippen LogP) is 1.14. The molecule has 30 heavy (non-hydrogen) atoms. The molecule has 0 saturated carbocycles. The number of amides is 2. The largest absolute Gasteiger partial charge is 0.373 e. The summed E-state index contributed by atoms with van der Waals surface area (Å²) in [5, 5.41) is 0. The van der Waals surface area contributed by atoms with Crippen LogP contribution in [0.1, 0.15) is 51.4 Å². The molecule has 8 atom stereocenters. The average Bonchev–Trinajstić information content (AvgIpc) is 3.54. The highest BCUT2D eigenvalue weighted by molar-refractivity contribution is 5.77. The van der Waals surface area contributed by atoms with Crippen LogP contribution in [0.25, 0.3) is 0 Å². The van der Waals surface area contributed by atoms with Gasteiger partial charge < -0.3 is 30.4 Å². The number of carbonyl (C=O) groups is 2. The van der Waals surface area contributed by atoms with Gasteiger partial charge in [-0.2, -0.15) is 0 Å². The second-order valence-electron chi connectivity index (χ2n) is 9.57. The zero-order valence-corrected chi connectivity index (χ0v) is 17.7. The molecule has 8 heteroatoms. The van der Waals surface area contributed by atoms with Crippen molar-refractivity contribution in [2.45, 2.75) is 75.8 Å². The molecule has 0 aromatic rings. The molecule has 4 heterocycles. The topological polar surface area (TPSA) is 136 Å². The quantitative estimate of drug-likeness (QED) is 0.265. The highest BCUT2D eigenvalue weighted by Crippen LogP contribution is 2.45. The Labute approximate surface area is 178 Å². The number of carbonyl (C=O) groups excluding carboxylic acids is 2. The van der Waals surface area contributed by atoms with Gasteiger partial charge in [-0.25, -0.2) is 0 Å². The fraction of sp³-hybridized carbons (Fsp3) is 0.909. The van der Waals surface area contributed by atoms with Gasteiger partial charge in [-0.3, -0.25) is 9.59 Å². The summed E-state index contributed by atoms with van der Waals surface area (Å²) in [6.45, 7) is 3.10. The van der Waals surface area contributed by atoms with E-state index < -0.39 is 0 Å². The van der Waals surface area contributed by atoms with Crippen LogP contribution in [0.5, 0.6) is 0 Å². The SMILES string of the molecule is NC(=O)CCCCC(CC1CO1)C(CC1CO1)C(CC1CO1)C(CC1CO1)C(N)=O. The van der Waals surface area contributed by atoms with Gasteiger partial charge in [0.05, 0.1) is 50.8 Å². The fourth-order valence-electron chi connectivity index (χ4n) is 5.11. The van der Waals surface area contributed by atoms with E-state index in [0.29, 0.717) is 30.8 Å². The van der Waals surface area contributed by atoms with Crippen LogP contribution < -0.4 is 11.5 Å². The van der Waals surface area contributed by atoms with Crippen LogP contribution in [-0.4, -0.2) is 62.7 Å². The number of nitrogens with two attached hydrogens (primary N) is 2. The number of ether oxygens (including phenoxy) is 4. The van der Waals surface area contributed by atoms with Gasteiger partial charge in [0.25, 0.3) is 0 Å². The van der Waals surface area contributed by atoms with Crippen LogP contribution in [0.3, 0.4) is 0 Å². The van der Waals surface area contributed by atoms with Crippen molar-refractivity contribution in [2.24, 2.45) is 35.1 Å². The van der Waals surface area contributed by atoms with E-state index >= 15 is 0 Å². The number of hydrogen-bond acceptors (Lipinski definition) is 6. The second kappa shape index (κ2) is 9.94. The monoisotopic (exact) mass is 424 g/mol. The van der Waals surface area contributed by atoms with Crippen LogP contribution in [0.15, 0.2) is 0 Å². The van der Waals surface area contributed by atoms with Gasteiger partial charge in [0.2, 0.25) is 11.8 Å². The number of rotatable bonds is 17. The van der Waals surface area contributed by atoms with E-state index in [1.54, 1.807) is 0 Å². The zero-order valence-electron chi connectivity index (χ0n) is 17.7. The lowest BCUT2D eigenvalue weighted by atomic mass is 9.67. The Morgan fingerprint density at radius 3 is 1.73 bits per heavy atom. The highest BCUT2D eigenvalue weighted by atomic mass is 16.6. The van der Waals surface area contributed by atoms with E-state index in [1.807, 2.05) is 0 Å². The minimum Gasteiger partial charge on any atom is -0.373 e. The third-order valence-electron chi connectivity index (χ3n) is 7.05. The first-order chi connectivity index (χ1) is 14.5. The number of hydrogen-bond donors (Lipinski definition) is 2. The number of primary amides is 2. The van der Waals surface area contributed by atoms with Gasteiger partial charge in [0.1, 0.15) is 0 Å². The van der Waals surface area contributed by atoms with Crippen molar-refractivity contribution < 1.29 is 28.5 Å². The summed E-state index contributed by atoms with van der Waals surface area (Å²) in [5.41, 5.74) is 11.2. The van der Waals surface area contributed by atoms with Crippen molar-refractivity contribution in [3.63, 3.8) is 0 Å².